The van der Waals surface area contributed by atoms with E-state index in [-0.39, 0.29) is 0 Å². The van der Waals surface area contributed by atoms with Crippen molar-refractivity contribution in [3.63, 3.8) is 0 Å². The maximum Gasteiger partial charge on any atom is 0.489 e. The minimum absolute atomic E-state index is 0.611. The molecule has 5 heteroatoms. The predicted octanol–water partition coefficient (Wildman–Crippen LogP) is 1.59. The number of hydrogen-bond donors (Lipinski definition) is 2. The van der Waals surface area contributed by atoms with Gasteiger partial charge < -0.3 is 10.0 Å². The average molecular weight is 242 g/mol. The molecule has 82 valence electrons. The molecular weight excluding hydrogens is 227 g/mol. The Labute approximate surface area is 99.6 Å². The molecule has 0 atom stereocenters. The van der Waals surface area contributed by atoms with Crippen LogP contribution in [0.3, 0.4) is 0 Å². The van der Waals surface area contributed by atoms with E-state index >= 15 is 0 Å². The lowest BCUT2D eigenvalue weighted by molar-refractivity contribution is 0.424. The maximum absolute atomic E-state index is 9.26. The Hall–Kier alpha value is -0.0951. The van der Waals surface area contributed by atoms with Crippen LogP contribution < -0.4 is 5.46 Å². The van der Waals surface area contributed by atoms with Crippen molar-refractivity contribution in [1.29, 1.82) is 0 Å². The Morgan fingerprint density at radius 2 is 1.80 bits per heavy atom. The van der Waals surface area contributed by atoms with Crippen molar-refractivity contribution in [3.05, 3.63) is 18.2 Å². The first-order valence-electron chi connectivity index (χ1n) is 4.95. The molecule has 0 radical (unpaired) electrons. The van der Waals surface area contributed by atoms with Crippen molar-refractivity contribution in [2.45, 2.75) is 23.6 Å². The summed E-state index contributed by atoms with van der Waals surface area (Å²) in [7, 11) is -1.38. The van der Waals surface area contributed by atoms with Crippen LogP contribution in [0.25, 0.3) is 0 Å². The smallest absolute Gasteiger partial charge is 0.423 e. The molecule has 0 aromatic heterocycles. The van der Waals surface area contributed by atoms with Gasteiger partial charge in [0.1, 0.15) is 0 Å². The molecule has 2 nitrogen and oxygen atoms in total. The lowest BCUT2D eigenvalue weighted by Gasteiger charge is -2.12. The summed E-state index contributed by atoms with van der Waals surface area (Å²) >= 11 is 3.39. The second-order valence-corrected chi connectivity index (χ2v) is 5.49. The molecule has 0 fully saturated rings. The highest BCUT2D eigenvalue weighted by Gasteiger charge is 2.18. The van der Waals surface area contributed by atoms with Gasteiger partial charge in [0.05, 0.1) is 0 Å². The quantitative estimate of drug-likeness (QED) is 0.607. The summed E-state index contributed by atoms with van der Waals surface area (Å²) < 4.78 is 0. The van der Waals surface area contributed by atoms with Crippen LogP contribution in [0.15, 0.2) is 28.0 Å². The summed E-state index contributed by atoms with van der Waals surface area (Å²) in [5, 5.41) is 18.5. The van der Waals surface area contributed by atoms with Crippen molar-refractivity contribution in [2.75, 3.05) is 11.5 Å². The zero-order valence-corrected chi connectivity index (χ0v) is 10.6. The molecule has 0 unspecified atom stereocenters. The zero-order valence-electron chi connectivity index (χ0n) is 8.93. The monoisotopic (exact) mass is 242 g/mol. The lowest BCUT2D eigenvalue weighted by atomic mass is 9.80. The SMILES string of the molecule is CCSc1cccc(B(O)O)c1SCC. The minimum atomic E-state index is -1.38. The van der Waals surface area contributed by atoms with Crippen LogP contribution in [0, 0.1) is 0 Å². The van der Waals surface area contributed by atoms with E-state index in [4.69, 9.17) is 0 Å². The molecule has 1 rings (SSSR count). The molecule has 0 aliphatic heterocycles. The van der Waals surface area contributed by atoms with Gasteiger partial charge in [-0.1, -0.05) is 26.0 Å². The molecule has 0 aliphatic carbocycles. The van der Waals surface area contributed by atoms with Gasteiger partial charge in [0, 0.05) is 9.79 Å². The summed E-state index contributed by atoms with van der Waals surface area (Å²) in [4.78, 5) is 2.14. The minimum Gasteiger partial charge on any atom is -0.423 e. The summed E-state index contributed by atoms with van der Waals surface area (Å²) in [5.41, 5.74) is 0.611. The van der Waals surface area contributed by atoms with Crippen LogP contribution in [0.2, 0.25) is 0 Å². The zero-order chi connectivity index (χ0) is 11.3. The van der Waals surface area contributed by atoms with Gasteiger partial charge in [-0.3, -0.25) is 0 Å². The van der Waals surface area contributed by atoms with E-state index < -0.39 is 7.12 Å². The predicted molar refractivity (Wildman–Crippen MR) is 69.1 cm³/mol. The van der Waals surface area contributed by atoms with Crippen molar-refractivity contribution in [1.82, 2.24) is 0 Å². The number of benzene rings is 1. The van der Waals surface area contributed by atoms with Crippen LogP contribution in [-0.2, 0) is 0 Å². The van der Waals surface area contributed by atoms with E-state index in [1.807, 2.05) is 12.1 Å². The maximum atomic E-state index is 9.26. The first kappa shape index (κ1) is 13.0. The molecule has 0 spiro atoms. The molecule has 0 bridgehead atoms. The third kappa shape index (κ3) is 3.45. The summed E-state index contributed by atoms with van der Waals surface area (Å²) in [6.07, 6.45) is 0. The highest BCUT2D eigenvalue weighted by atomic mass is 32.2. The highest BCUT2D eigenvalue weighted by Crippen LogP contribution is 2.29. The van der Waals surface area contributed by atoms with Crippen molar-refractivity contribution >= 4 is 36.1 Å². The van der Waals surface area contributed by atoms with E-state index in [9.17, 15) is 10.0 Å². The third-order valence-electron chi connectivity index (χ3n) is 1.88. The third-order valence-corrected chi connectivity index (χ3v) is 3.98. The number of hydrogen-bond acceptors (Lipinski definition) is 4. The van der Waals surface area contributed by atoms with E-state index in [1.165, 1.54) is 0 Å². The van der Waals surface area contributed by atoms with Crippen molar-refractivity contribution < 1.29 is 10.0 Å². The number of rotatable bonds is 5. The van der Waals surface area contributed by atoms with Crippen LogP contribution in [0.1, 0.15) is 13.8 Å². The molecule has 15 heavy (non-hydrogen) atoms. The van der Waals surface area contributed by atoms with Gasteiger partial charge >= 0.3 is 7.12 Å². The average Bonchev–Trinajstić information content (AvgIpc) is 2.21. The Kier molecular flexibility index (Phi) is 5.60. The number of thioether (sulfide) groups is 2. The van der Waals surface area contributed by atoms with E-state index in [2.05, 4.69) is 13.8 Å². The van der Waals surface area contributed by atoms with E-state index in [0.29, 0.717) is 5.46 Å². The van der Waals surface area contributed by atoms with Crippen molar-refractivity contribution in [3.8, 4) is 0 Å². The van der Waals surface area contributed by atoms with Gasteiger partial charge in [-0.25, -0.2) is 0 Å². The summed E-state index contributed by atoms with van der Waals surface area (Å²) in [6, 6.07) is 5.66. The standard InChI is InChI=1S/C10H15BO2S2/c1-3-14-9-7-5-6-8(11(12)13)10(9)15-4-2/h5-7,12-13H,3-4H2,1-2H3. The second-order valence-electron chi connectivity index (χ2n) is 2.91. The van der Waals surface area contributed by atoms with Crippen LogP contribution in [0.4, 0.5) is 0 Å². The fourth-order valence-corrected chi connectivity index (χ4v) is 3.23. The normalized spacial score (nSPS) is 10.4. The molecular formula is C10H15BO2S2. The molecule has 0 saturated carbocycles. The van der Waals surface area contributed by atoms with Crippen LogP contribution in [0.5, 0.6) is 0 Å². The summed E-state index contributed by atoms with van der Waals surface area (Å²) in [6.45, 7) is 4.15. The fraction of sp³-hybridized carbons (Fsp3) is 0.400. The molecule has 0 saturated heterocycles. The van der Waals surface area contributed by atoms with Gasteiger partial charge in [0.15, 0.2) is 0 Å². The largest absolute Gasteiger partial charge is 0.489 e. The first-order chi connectivity index (χ1) is 7.20. The van der Waals surface area contributed by atoms with Gasteiger partial charge in [-0.15, -0.1) is 23.5 Å². The summed E-state index contributed by atoms with van der Waals surface area (Å²) in [5.74, 6) is 1.92. The van der Waals surface area contributed by atoms with Crippen molar-refractivity contribution in [2.24, 2.45) is 0 Å². The second kappa shape index (κ2) is 6.48. The van der Waals surface area contributed by atoms with E-state index in [0.717, 1.165) is 21.3 Å². The first-order valence-corrected chi connectivity index (χ1v) is 6.92. The Bertz CT molecular complexity index is 318. The topological polar surface area (TPSA) is 40.5 Å². The fourth-order valence-electron chi connectivity index (χ4n) is 1.30. The van der Waals surface area contributed by atoms with Crippen LogP contribution >= 0.6 is 23.5 Å². The Balaban J connectivity index is 3.09. The Morgan fingerprint density at radius 1 is 1.13 bits per heavy atom. The highest BCUT2D eigenvalue weighted by molar-refractivity contribution is 8.02. The molecule has 0 amide bonds. The van der Waals surface area contributed by atoms with Gasteiger partial charge in [-0.2, -0.15) is 0 Å². The van der Waals surface area contributed by atoms with Crippen LogP contribution in [-0.4, -0.2) is 28.7 Å². The molecule has 2 N–H and O–H groups in total. The van der Waals surface area contributed by atoms with Gasteiger partial charge in [0.25, 0.3) is 0 Å². The molecule has 0 heterocycles. The van der Waals surface area contributed by atoms with Gasteiger partial charge in [-0.05, 0) is 23.0 Å². The van der Waals surface area contributed by atoms with Gasteiger partial charge in [0.2, 0.25) is 0 Å². The molecule has 0 aliphatic rings. The van der Waals surface area contributed by atoms with E-state index in [1.54, 1.807) is 29.6 Å². The Morgan fingerprint density at radius 3 is 2.33 bits per heavy atom. The lowest BCUT2D eigenvalue weighted by Crippen LogP contribution is -2.31. The molecule has 1 aromatic carbocycles. The molecule has 1 aromatic rings.